The van der Waals surface area contributed by atoms with Gasteiger partial charge >= 0.3 is 5.97 Å². The van der Waals surface area contributed by atoms with Crippen molar-refractivity contribution in [3.63, 3.8) is 0 Å². The van der Waals surface area contributed by atoms with E-state index >= 15 is 0 Å². The van der Waals surface area contributed by atoms with Gasteiger partial charge in [0.15, 0.2) is 0 Å². The van der Waals surface area contributed by atoms with E-state index in [9.17, 15) is 4.79 Å². The highest BCUT2D eigenvalue weighted by atomic mass is 16.6. The normalized spacial score (nSPS) is 21.3. The van der Waals surface area contributed by atoms with E-state index in [2.05, 4.69) is 13.0 Å². The Balaban J connectivity index is 2.53. The van der Waals surface area contributed by atoms with E-state index in [-0.39, 0.29) is 11.6 Å². The van der Waals surface area contributed by atoms with Gasteiger partial charge in [0.1, 0.15) is 5.60 Å². The predicted octanol–water partition coefficient (Wildman–Crippen LogP) is 4.10. The van der Waals surface area contributed by atoms with Crippen LogP contribution >= 0.6 is 0 Å². The number of carbonyl (C=O) groups is 1. The van der Waals surface area contributed by atoms with Crippen LogP contribution in [0.25, 0.3) is 0 Å². The van der Waals surface area contributed by atoms with Crippen LogP contribution < -0.4 is 0 Å². The van der Waals surface area contributed by atoms with Crippen LogP contribution in [0, 0.1) is 11.8 Å². The van der Waals surface area contributed by atoms with Crippen LogP contribution in [0.4, 0.5) is 0 Å². The van der Waals surface area contributed by atoms with Crippen molar-refractivity contribution in [2.45, 2.75) is 65.9 Å². The summed E-state index contributed by atoms with van der Waals surface area (Å²) in [4.78, 5) is 11.7. The maximum absolute atomic E-state index is 11.7. The van der Waals surface area contributed by atoms with E-state index in [1.165, 1.54) is 5.57 Å². The van der Waals surface area contributed by atoms with Crippen molar-refractivity contribution in [1.29, 1.82) is 0 Å². The molecule has 0 bridgehead atoms. The smallest absolute Gasteiger partial charge is 0.306 e. The Morgan fingerprint density at radius 1 is 1.53 bits per heavy atom. The predicted molar refractivity (Wildman–Crippen MR) is 70.7 cm³/mol. The quantitative estimate of drug-likeness (QED) is 0.544. The Labute approximate surface area is 105 Å². The lowest BCUT2D eigenvalue weighted by molar-refractivity contribution is -0.163. The monoisotopic (exact) mass is 238 g/mol. The Bertz CT molecular complexity index is 300. The zero-order valence-electron chi connectivity index (χ0n) is 11.9. The van der Waals surface area contributed by atoms with E-state index in [4.69, 9.17) is 4.74 Å². The summed E-state index contributed by atoms with van der Waals surface area (Å²) in [6.07, 6.45) is 6.10. The lowest BCUT2D eigenvalue weighted by atomic mass is 9.79. The van der Waals surface area contributed by atoms with Gasteiger partial charge in [-0.3, -0.25) is 4.79 Å². The SMILES string of the molecule is CC1=CCC(C(C)(C)OC(=O)CC(C)C)CC1. The van der Waals surface area contributed by atoms with Crippen molar-refractivity contribution < 1.29 is 9.53 Å². The van der Waals surface area contributed by atoms with Crippen molar-refractivity contribution >= 4 is 5.97 Å². The third-order valence-corrected chi connectivity index (χ3v) is 3.57. The Kier molecular flexibility index (Phi) is 4.79. The molecule has 0 saturated heterocycles. The van der Waals surface area contributed by atoms with Gasteiger partial charge in [0, 0.05) is 12.3 Å². The van der Waals surface area contributed by atoms with Crippen molar-refractivity contribution in [3.8, 4) is 0 Å². The molecular formula is C15H26O2. The molecule has 0 aromatic carbocycles. The van der Waals surface area contributed by atoms with Gasteiger partial charge in [-0.1, -0.05) is 25.5 Å². The zero-order chi connectivity index (χ0) is 13.1. The number of allylic oxidation sites excluding steroid dienone is 2. The first kappa shape index (κ1) is 14.3. The van der Waals surface area contributed by atoms with Crippen LogP contribution in [-0.4, -0.2) is 11.6 Å². The summed E-state index contributed by atoms with van der Waals surface area (Å²) in [6.45, 7) is 10.4. The second-order valence-corrected chi connectivity index (χ2v) is 6.20. The van der Waals surface area contributed by atoms with Gasteiger partial charge in [0.05, 0.1) is 0 Å². The summed E-state index contributed by atoms with van der Waals surface area (Å²) in [5.74, 6) is 0.769. The lowest BCUT2D eigenvalue weighted by Gasteiger charge is -2.35. The van der Waals surface area contributed by atoms with E-state index < -0.39 is 0 Å². The van der Waals surface area contributed by atoms with E-state index in [0.717, 1.165) is 19.3 Å². The topological polar surface area (TPSA) is 26.3 Å². The second-order valence-electron chi connectivity index (χ2n) is 6.20. The van der Waals surface area contributed by atoms with Gasteiger partial charge < -0.3 is 4.74 Å². The van der Waals surface area contributed by atoms with Gasteiger partial charge in [-0.05, 0) is 46.0 Å². The van der Waals surface area contributed by atoms with Crippen molar-refractivity contribution in [1.82, 2.24) is 0 Å². The summed E-state index contributed by atoms with van der Waals surface area (Å²) in [5.41, 5.74) is 1.13. The molecule has 0 fully saturated rings. The van der Waals surface area contributed by atoms with Gasteiger partial charge in [-0.25, -0.2) is 0 Å². The largest absolute Gasteiger partial charge is 0.459 e. The third kappa shape index (κ3) is 4.53. The molecule has 1 rings (SSSR count). The van der Waals surface area contributed by atoms with Crippen LogP contribution in [0.1, 0.15) is 60.3 Å². The molecule has 0 saturated carbocycles. The van der Waals surface area contributed by atoms with Crippen molar-refractivity contribution in [2.75, 3.05) is 0 Å². The fraction of sp³-hybridized carbons (Fsp3) is 0.800. The van der Waals surface area contributed by atoms with Crippen molar-refractivity contribution in [2.24, 2.45) is 11.8 Å². The van der Waals surface area contributed by atoms with Gasteiger partial charge in [0.2, 0.25) is 0 Å². The van der Waals surface area contributed by atoms with Crippen LogP contribution in [0.5, 0.6) is 0 Å². The van der Waals surface area contributed by atoms with Crippen molar-refractivity contribution in [3.05, 3.63) is 11.6 Å². The van der Waals surface area contributed by atoms with E-state index in [0.29, 0.717) is 18.3 Å². The summed E-state index contributed by atoms with van der Waals surface area (Å²) in [7, 11) is 0. The summed E-state index contributed by atoms with van der Waals surface area (Å²) >= 11 is 0. The van der Waals surface area contributed by atoms with E-state index in [1.807, 2.05) is 27.7 Å². The highest BCUT2D eigenvalue weighted by Crippen LogP contribution is 2.34. The minimum atomic E-state index is -0.330. The molecule has 0 aliphatic heterocycles. The molecule has 0 amide bonds. The first-order chi connectivity index (χ1) is 7.81. The fourth-order valence-corrected chi connectivity index (χ4v) is 2.35. The molecule has 0 N–H and O–H groups in total. The molecule has 1 aliphatic carbocycles. The molecule has 0 aromatic rings. The first-order valence-electron chi connectivity index (χ1n) is 6.68. The molecule has 98 valence electrons. The molecule has 0 radical (unpaired) electrons. The fourth-order valence-electron chi connectivity index (χ4n) is 2.35. The second kappa shape index (κ2) is 5.70. The molecule has 17 heavy (non-hydrogen) atoms. The van der Waals surface area contributed by atoms with Gasteiger partial charge in [0.25, 0.3) is 0 Å². The summed E-state index contributed by atoms with van der Waals surface area (Å²) in [5, 5.41) is 0. The minimum Gasteiger partial charge on any atom is -0.459 e. The zero-order valence-corrected chi connectivity index (χ0v) is 11.9. The molecule has 0 heterocycles. The average molecular weight is 238 g/mol. The first-order valence-corrected chi connectivity index (χ1v) is 6.68. The number of hydrogen-bond acceptors (Lipinski definition) is 2. The third-order valence-electron chi connectivity index (χ3n) is 3.57. The van der Waals surface area contributed by atoms with Gasteiger partial charge in [-0.15, -0.1) is 0 Å². The van der Waals surface area contributed by atoms with Crippen LogP contribution in [0.2, 0.25) is 0 Å². The molecule has 2 nitrogen and oxygen atoms in total. The Morgan fingerprint density at radius 3 is 2.65 bits per heavy atom. The highest BCUT2D eigenvalue weighted by molar-refractivity contribution is 5.70. The van der Waals surface area contributed by atoms with Crippen LogP contribution in [0.3, 0.4) is 0 Å². The molecular weight excluding hydrogens is 212 g/mol. The molecule has 1 aliphatic rings. The highest BCUT2D eigenvalue weighted by Gasteiger charge is 2.33. The van der Waals surface area contributed by atoms with Crippen LogP contribution in [-0.2, 0) is 9.53 Å². The molecule has 0 aromatic heterocycles. The molecule has 2 heteroatoms. The van der Waals surface area contributed by atoms with E-state index in [1.54, 1.807) is 0 Å². The lowest BCUT2D eigenvalue weighted by Crippen LogP contribution is -2.37. The number of esters is 1. The number of rotatable bonds is 4. The molecule has 1 unspecified atom stereocenters. The number of hydrogen-bond donors (Lipinski definition) is 0. The summed E-state index contributed by atoms with van der Waals surface area (Å²) in [6, 6.07) is 0. The standard InChI is InChI=1S/C15H26O2/c1-11(2)10-14(16)17-15(4,5)13-8-6-12(3)7-9-13/h6,11,13H,7-10H2,1-5H3. The minimum absolute atomic E-state index is 0.0590. The maximum Gasteiger partial charge on any atom is 0.306 e. The number of ether oxygens (including phenoxy) is 1. The molecule has 1 atom stereocenters. The average Bonchev–Trinajstić information content (AvgIpc) is 2.15. The Morgan fingerprint density at radius 2 is 2.18 bits per heavy atom. The molecule has 0 spiro atoms. The maximum atomic E-state index is 11.7. The van der Waals surface area contributed by atoms with Gasteiger partial charge in [-0.2, -0.15) is 0 Å². The van der Waals surface area contributed by atoms with Crippen LogP contribution in [0.15, 0.2) is 11.6 Å². The summed E-state index contributed by atoms with van der Waals surface area (Å²) < 4.78 is 5.66. The Hall–Kier alpha value is -0.790. The number of carbonyl (C=O) groups excluding carboxylic acids is 1.